The molecule has 4 nitrogen and oxygen atoms in total. The molecule has 2 rings (SSSR count). The van der Waals surface area contributed by atoms with E-state index in [-0.39, 0.29) is 9.92 Å². The van der Waals surface area contributed by atoms with Crippen molar-refractivity contribution >= 4 is 16.2 Å². The molecule has 5 heteroatoms. The lowest BCUT2D eigenvalue weighted by atomic mass is 9.96. The summed E-state index contributed by atoms with van der Waals surface area (Å²) in [5.74, 6) is 0. The lowest BCUT2D eigenvalue weighted by Gasteiger charge is -2.18. The van der Waals surface area contributed by atoms with Gasteiger partial charge in [-0.3, -0.25) is 4.79 Å². The van der Waals surface area contributed by atoms with E-state index >= 15 is 0 Å². The van der Waals surface area contributed by atoms with E-state index < -0.39 is 9.84 Å². The summed E-state index contributed by atoms with van der Waals surface area (Å²) in [6.45, 7) is 0. The zero-order chi connectivity index (χ0) is 13.7. The average molecular weight is 279 g/mol. The van der Waals surface area contributed by atoms with E-state index in [0.717, 1.165) is 37.7 Å². The van der Waals surface area contributed by atoms with Crippen LogP contribution in [0.4, 0.5) is 0 Å². The highest BCUT2D eigenvalue weighted by molar-refractivity contribution is 7.95. The van der Waals surface area contributed by atoms with Gasteiger partial charge in [0.15, 0.2) is 0 Å². The predicted octanol–water partition coefficient (Wildman–Crippen LogP) is 2.38. The average Bonchev–Trinajstić information content (AvgIpc) is 2.46. The molecule has 1 saturated carbocycles. The van der Waals surface area contributed by atoms with Gasteiger partial charge < -0.3 is 5.32 Å². The molecule has 0 bridgehead atoms. The Hall–Kier alpha value is -1.62. The fraction of sp³-hybridized carbons (Fsp3) is 0.357. The lowest BCUT2D eigenvalue weighted by Crippen LogP contribution is -2.22. The zero-order valence-electron chi connectivity index (χ0n) is 10.6. The normalized spacial score (nSPS) is 15.9. The number of hydrogen-bond acceptors (Lipinski definition) is 3. The maximum Gasteiger partial charge on any atom is 0.221 e. The van der Waals surface area contributed by atoms with Crippen LogP contribution in [0.5, 0.6) is 0 Å². The van der Waals surface area contributed by atoms with Crippen LogP contribution in [0.1, 0.15) is 32.1 Å². The third kappa shape index (κ3) is 3.04. The minimum absolute atomic E-state index is 0.0772. The van der Waals surface area contributed by atoms with Gasteiger partial charge in [0.2, 0.25) is 16.2 Å². The topological polar surface area (TPSA) is 63.2 Å². The van der Waals surface area contributed by atoms with E-state index in [2.05, 4.69) is 5.32 Å². The van der Waals surface area contributed by atoms with Gasteiger partial charge in [-0.2, -0.15) is 0 Å². The number of carbonyl (C=O) groups is 1. The highest BCUT2D eigenvalue weighted by Crippen LogP contribution is 2.29. The molecule has 1 aromatic carbocycles. The molecule has 0 aromatic heterocycles. The third-order valence-electron chi connectivity index (χ3n) is 3.29. The van der Waals surface area contributed by atoms with Gasteiger partial charge in [0.1, 0.15) is 5.03 Å². The van der Waals surface area contributed by atoms with Crippen LogP contribution in [0, 0.1) is 0 Å². The maximum atomic E-state index is 12.5. The molecule has 0 unspecified atom stereocenters. The molecule has 1 aliphatic carbocycles. The molecule has 0 spiro atoms. The number of allylic oxidation sites excluding steroid dienone is 1. The van der Waals surface area contributed by atoms with E-state index in [1.54, 1.807) is 30.3 Å². The van der Waals surface area contributed by atoms with E-state index in [4.69, 9.17) is 0 Å². The molecule has 0 atom stereocenters. The number of sulfone groups is 1. The first-order chi connectivity index (χ1) is 9.16. The summed E-state index contributed by atoms with van der Waals surface area (Å²) in [5.41, 5.74) is 0.835. The van der Waals surface area contributed by atoms with E-state index in [1.165, 1.54) is 0 Å². The predicted molar refractivity (Wildman–Crippen MR) is 72.9 cm³/mol. The Bertz CT molecular complexity index is 568. The van der Waals surface area contributed by atoms with Crippen LogP contribution in [-0.4, -0.2) is 14.8 Å². The second-order valence-electron chi connectivity index (χ2n) is 4.57. The largest absolute Gasteiger partial charge is 0.319 e. The van der Waals surface area contributed by atoms with Crippen molar-refractivity contribution in [2.24, 2.45) is 0 Å². The van der Waals surface area contributed by atoms with Crippen molar-refractivity contribution in [2.75, 3.05) is 0 Å². The minimum Gasteiger partial charge on any atom is -0.319 e. The van der Waals surface area contributed by atoms with Crippen molar-refractivity contribution < 1.29 is 13.2 Å². The molecule has 1 N–H and O–H groups in total. The van der Waals surface area contributed by atoms with Crippen LogP contribution < -0.4 is 5.32 Å². The Morgan fingerprint density at radius 2 is 1.68 bits per heavy atom. The quantitative estimate of drug-likeness (QED) is 0.861. The van der Waals surface area contributed by atoms with Crippen molar-refractivity contribution in [1.29, 1.82) is 0 Å². The minimum atomic E-state index is -3.63. The molecule has 1 aliphatic rings. The molecular weight excluding hydrogens is 262 g/mol. The Morgan fingerprint density at radius 3 is 2.26 bits per heavy atom. The summed E-state index contributed by atoms with van der Waals surface area (Å²) in [4.78, 5) is 10.9. The van der Waals surface area contributed by atoms with Gasteiger partial charge in [0.25, 0.3) is 0 Å². The van der Waals surface area contributed by atoms with Crippen LogP contribution in [0.2, 0.25) is 0 Å². The number of carbonyl (C=O) groups excluding carboxylic acids is 1. The molecule has 19 heavy (non-hydrogen) atoms. The smallest absolute Gasteiger partial charge is 0.221 e. The summed E-state index contributed by atoms with van der Waals surface area (Å²) in [7, 11) is -3.63. The number of benzene rings is 1. The van der Waals surface area contributed by atoms with Gasteiger partial charge in [-0.1, -0.05) is 24.6 Å². The van der Waals surface area contributed by atoms with Crippen LogP contribution in [-0.2, 0) is 14.6 Å². The van der Waals surface area contributed by atoms with Gasteiger partial charge in [-0.25, -0.2) is 8.42 Å². The first kappa shape index (κ1) is 13.8. The molecule has 1 amide bonds. The van der Waals surface area contributed by atoms with E-state index in [1.807, 2.05) is 0 Å². The molecule has 0 radical (unpaired) electrons. The molecule has 1 aromatic rings. The molecule has 0 saturated heterocycles. The van der Waals surface area contributed by atoms with Gasteiger partial charge in [-0.05, 0) is 43.4 Å². The van der Waals surface area contributed by atoms with Gasteiger partial charge in [-0.15, -0.1) is 0 Å². The van der Waals surface area contributed by atoms with Gasteiger partial charge in [0.05, 0.1) is 4.90 Å². The first-order valence-electron chi connectivity index (χ1n) is 6.38. The van der Waals surface area contributed by atoms with Crippen molar-refractivity contribution in [1.82, 2.24) is 5.32 Å². The Morgan fingerprint density at radius 1 is 1.05 bits per heavy atom. The molecule has 0 aliphatic heterocycles. The van der Waals surface area contributed by atoms with Gasteiger partial charge in [0, 0.05) is 0 Å². The van der Waals surface area contributed by atoms with E-state index in [9.17, 15) is 13.2 Å². The Kier molecular flexibility index (Phi) is 4.37. The van der Waals surface area contributed by atoms with Crippen LogP contribution >= 0.6 is 0 Å². The number of amides is 1. The molecule has 0 heterocycles. The highest BCUT2D eigenvalue weighted by atomic mass is 32.2. The number of rotatable bonds is 4. The van der Waals surface area contributed by atoms with Crippen molar-refractivity contribution in [3.63, 3.8) is 0 Å². The SMILES string of the molecule is O=CNC(=C1CCCCC1)S(=O)(=O)c1ccccc1. The fourth-order valence-corrected chi connectivity index (χ4v) is 3.88. The van der Waals surface area contributed by atoms with Crippen molar-refractivity contribution in [3.05, 3.63) is 40.9 Å². The third-order valence-corrected chi connectivity index (χ3v) is 5.13. The summed E-state index contributed by atoms with van der Waals surface area (Å²) in [6.07, 6.45) is 4.98. The van der Waals surface area contributed by atoms with E-state index in [0.29, 0.717) is 6.41 Å². The maximum absolute atomic E-state index is 12.5. The second-order valence-corrected chi connectivity index (χ2v) is 6.46. The lowest BCUT2D eigenvalue weighted by molar-refractivity contribution is -0.108. The van der Waals surface area contributed by atoms with Crippen molar-refractivity contribution in [3.8, 4) is 0 Å². The molecule has 1 fully saturated rings. The first-order valence-corrected chi connectivity index (χ1v) is 7.87. The summed E-state index contributed by atoms with van der Waals surface area (Å²) in [5, 5.41) is 2.48. The van der Waals surface area contributed by atoms with Crippen LogP contribution in [0.3, 0.4) is 0 Å². The molecular formula is C14H17NO3S. The van der Waals surface area contributed by atoms with Gasteiger partial charge >= 0.3 is 0 Å². The molecule has 102 valence electrons. The standard InChI is InChI=1S/C14H17NO3S/c16-11-15-14(12-7-3-1-4-8-12)19(17,18)13-9-5-2-6-10-13/h2,5-6,9-11H,1,3-4,7-8H2,(H,15,16). The Labute approximate surface area is 113 Å². The van der Waals surface area contributed by atoms with Crippen molar-refractivity contribution in [2.45, 2.75) is 37.0 Å². The highest BCUT2D eigenvalue weighted by Gasteiger charge is 2.24. The van der Waals surface area contributed by atoms with Crippen LogP contribution in [0.25, 0.3) is 0 Å². The number of nitrogens with one attached hydrogen (secondary N) is 1. The number of hydrogen-bond donors (Lipinski definition) is 1. The monoisotopic (exact) mass is 279 g/mol. The zero-order valence-corrected chi connectivity index (χ0v) is 11.4. The summed E-state index contributed by atoms with van der Waals surface area (Å²) < 4.78 is 25.1. The Balaban J connectivity index is 2.47. The van der Waals surface area contributed by atoms with Crippen LogP contribution in [0.15, 0.2) is 45.8 Å². The second kappa shape index (κ2) is 6.02. The fourth-order valence-electron chi connectivity index (χ4n) is 2.35. The summed E-state index contributed by atoms with van der Waals surface area (Å²) in [6, 6.07) is 8.21. The summed E-state index contributed by atoms with van der Waals surface area (Å²) >= 11 is 0.